The van der Waals surface area contributed by atoms with Gasteiger partial charge in [0.1, 0.15) is 25.4 Å². The second-order valence-electron chi connectivity index (χ2n) is 13.6. The zero-order chi connectivity index (χ0) is 33.5. The zero-order valence-electron chi connectivity index (χ0n) is 28.4. The smallest absolute Gasteiger partial charge is 0.206 e. The van der Waals surface area contributed by atoms with Crippen LogP contribution in [0.2, 0.25) is 0 Å². The number of hydrogen-bond donors (Lipinski definition) is 0. The Hall–Kier alpha value is -5.03. The van der Waals surface area contributed by atoms with Crippen LogP contribution in [-0.2, 0) is 15.9 Å². The van der Waals surface area contributed by atoms with Gasteiger partial charge in [0.15, 0.2) is 12.0 Å². The molecule has 6 aromatic carbocycles. The maximum absolute atomic E-state index is 6.33. The van der Waals surface area contributed by atoms with Crippen molar-refractivity contribution >= 4 is 34.2 Å². The quantitative estimate of drug-likeness (QED) is 0.151. The molecule has 4 heteroatoms. The van der Waals surface area contributed by atoms with Crippen LogP contribution < -0.4 is 21.9 Å². The first-order valence-electron chi connectivity index (χ1n) is 17.5. The van der Waals surface area contributed by atoms with Gasteiger partial charge < -0.3 is 9.47 Å². The lowest BCUT2D eigenvalue weighted by Gasteiger charge is -2.44. The first-order chi connectivity index (χ1) is 24.0. The van der Waals surface area contributed by atoms with E-state index in [1.54, 1.807) is 0 Å². The van der Waals surface area contributed by atoms with Crippen LogP contribution in [0.15, 0.2) is 176 Å². The first kappa shape index (κ1) is 32.5. The molecule has 3 nitrogen and oxygen atoms in total. The fourth-order valence-corrected chi connectivity index (χ4v) is 7.76. The Morgan fingerprint density at radius 1 is 0.551 bits per heavy atom. The van der Waals surface area contributed by atoms with Crippen LogP contribution in [0.3, 0.4) is 0 Å². The molecule has 0 aromatic heterocycles. The van der Waals surface area contributed by atoms with Gasteiger partial charge in [-0.15, -0.1) is 0 Å². The van der Waals surface area contributed by atoms with Crippen molar-refractivity contribution in [2.24, 2.45) is 0 Å². The van der Waals surface area contributed by atoms with Gasteiger partial charge in [-0.05, 0) is 31.0 Å². The fraction of sp³-hybridized carbons (Fsp3) is 0.178. The van der Waals surface area contributed by atoms with E-state index in [4.69, 9.17) is 9.47 Å². The van der Waals surface area contributed by atoms with Crippen molar-refractivity contribution in [2.45, 2.75) is 38.2 Å². The summed E-state index contributed by atoms with van der Waals surface area (Å²) in [5.41, 5.74) is 9.30. The molecule has 1 fully saturated rings. The van der Waals surface area contributed by atoms with Crippen molar-refractivity contribution in [3.8, 4) is 0 Å². The van der Waals surface area contributed by atoms with E-state index in [2.05, 4.69) is 181 Å². The summed E-state index contributed by atoms with van der Waals surface area (Å²) in [7, 11) is 0. The molecule has 244 valence electrons. The highest BCUT2D eigenvalue weighted by Crippen LogP contribution is 2.35. The minimum absolute atomic E-state index is 0.0106. The molecule has 0 radical (unpaired) electrons. The van der Waals surface area contributed by atoms with Crippen molar-refractivity contribution < 1.29 is 14.0 Å². The number of benzene rings is 6. The normalized spacial score (nSPS) is 18.3. The van der Waals surface area contributed by atoms with E-state index in [0.29, 0.717) is 6.61 Å². The number of fused-ring (bicyclic) bond motifs is 1. The molecular weight excluding hydrogens is 597 g/mol. The minimum Gasteiger partial charge on any atom is -0.343 e. The highest BCUT2D eigenvalue weighted by molar-refractivity contribution is 7.19. The molecule has 2 atom stereocenters. The van der Waals surface area contributed by atoms with Crippen molar-refractivity contribution in [1.82, 2.24) is 0 Å². The largest absolute Gasteiger partial charge is 0.343 e. The van der Waals surface area contributed by atoms with Crippen LogP contribution in [-0.4, -0.2) is 41.9 Å². The van der Waals surface area contributed by atoms with Gasteiger partial charge in [0.25, 0.3) is 0 Å². The highest BCUT2D eigenvalue weighted by Gasteiger charge is 2.43. The van der Waals surface area contributed by atoms with Crippen molar-refractivity contribution in [1.29, 1.82) is 0 Å². The third kappa shape index (κ3) is 6.94. The van der Waals surface area contributed by atoms with E-state index in [1.807, 2.05) is 19.9 Å². The van der Waals surface area contributed by atoms with E-state index in [0.717, 1.165) is 13.0 Å². The molecule has 2 heterocycles. The molecule has 6 aromatic rings. The lowest BCUT2D eigenvalue weighted by Crippen LogP contribution is -2.74. The summed E-state index contributed by atoms with van der Waals surface area (Å²) in [6.07, 6.45) is 2.13. The van der Waals surface area contributed by atoms with Crippen LogP contribution in [0.1, 0.15) is 36.6 Å². The fourth-order valence-electron chi connectivity index (χ4n) is 7.76. The average molecular weight is 642 g/mol. The maximum Gasteiger partial charge on any atom is 0.206 e. The Balaban J connectivity index is 0.000000154. The van der Waals surface area contributed by atoms with Gasteiger partial charge >= 0.3 is 0 Å². The number of rotatable bonds is 6. The zero-order valence-corrected chi connectivity index (χ0v) is 28.4. The van der Waals surface area contributed by atoms with Gasteiger partial charge in [-0.2, -0.15) is 21.9 Å². The third-order valence-corrected chi connectivity index (χ3v) is 10.1. The summed E-state index contributed by atoms with van der Waals surface area (Å²) in [5.74, 6) is -0.551. The molecule has 8 rings (SSSR count). The maximum atomic E-state index is 6.33. The standard InChI is InChI=1S/C24H20B.C21H24NO2/c1-5-13-21(14-6-1)25(22-15-7-2-8-16-22,23-17-9-3-10-18-23)24-19-11-4-12-20-24;1-21(2)23-15-19(20(24-21)17-9-4-3-5-10-17)22-13-12-16-8-6-7-11-18(16)14-22/h1-20H;3-11,14,19-20H,12-13,15H2,1-2H3/q-1;+1/t;19-,20-/m.0/s1. The van der Waals surface area contributed by atoms with E-state index in [-0.39, 0.29) is 12.1 Å². The first-order valence-corrected chi connectivity index (χ1v) is 17.5. The van der Waals surface area contributed by atoms with Gasteiger partial charge in [-0.3, -0.25) is 0 Å². The molecule has 49 heavy (non-hydrogen) atoms. The van der Waals surface area contributed by atoms with Crippen LogP contribution in [0.25, 0.3) is 0 Å². The topological polar surface area (TPSA) is 21.5 Å². The van der Waals surface area contributed by atoms with Gasteiger partial charge in [0, 0.05) is 12.0 Å². The molecular formula is C45H44BNO2. The van der Waals surface area contributed by atoms with Crippen LogP contribution in [0.5, 0.6) is 0 Å². The average Bonchev–Trinajstić information content (AvgIpc) is 3.17. The van der Waals surface area contributed by atoms with Gasteiger partial charge in [0.05, 0.1) is 0 Å². The molecule has 0 N–H and O–H groups in total. The molecule has 1 saturated heterocycles. The van der Waals surface area contributed by atoms with Crippen LogP contribution in [0.4, 0.5) is 0 Å². The van der Waals surface area contributed by atoms with E-state index in [1.165, 1.54) is 38.5 Å². The Kier molecular flexibility index (Phi) is 9.70. The van der Waals surface area contributed by atoms with Gasteiger partial charge in [-0.1, -0.05) is 170 Å². The Morgan fingerprint density at radius 2 is 0.980 bits per heavy atom. The van der Waals surface area contributed by atoms with Crippen LogP contribution >= 0.6 is 0 Å². The predicted molar refractivity (Wildman–Crippen MR) is 205 cm³/mol. The van der Waals surface area contributed by atoms with Crippen molar-refractivity contribution in [2.75, 3.05) is 13.2 Å². The summed E-state index contributed by atoms with van der Waals surface area (Å²) < 4.78 is 14.7. The van der Waals surface area contributed by atoms with E-state index < -0.39 is 11.9 Å². The monoisotopic (exact) mass is 641 g/mol. The molecule has 0 unspecified atom stereocenters. The highest BCUT2D eigenvalue weighted by atomic mass is 16.7. The molecule has 2 aliphatic heterocycles. The number of hydrogen-bond acceptors (Lipinski definition) is 2. The van der Waals surface area contributed by atoms with Gasteiger partial charge in [-0.25, -0.2) is 4.58 Å². The predicted octanol–water partition coefficient (Wildman–Crippen LogP) is 6.63. The summed E-state index contributed by atoms with van der Waals surface area (Å²) in [6.45, 7) is 5.66. The van der Waals surface area contributed by atoms with E-state index >= 15 is 0 Å². The second-order valence-corrected chi connectivity index (χ2v) is 13.6. The minimum atomic E-state index is -1.22. The molecule has 0 aliphatic carbocycles. The Morgan fingerprint density at radius 3 is 1.47 bits per heavy atom. The van der Waals surface area contributed by atoms with E-state index in [9.17, 15) is 0 Å². The lowest BCUT2D eigenvalue weighted by molar-refractivity contribution is -0.595. The van der Waals surface area contributed by atoms with Crippen LogP contribution in [0, 0.1) is 0 Å². The third-order valence-electron chi connectivity index (χ3n) is 10.1. The SMILES string of the molecule is CC1(C)OC[C@H]([N+]2=Cc3ccccc3CC2)[C@H](c2ccccc2)O1.c1ccc([B-](c2ccccc2)(c2ccccc2)c2ccccc2)cc1. The Bertz CT molecular complexity index is 1800. The summed E-state index contributed by atoms with van der Waals surface area (Å²) in [5, 5.41) is 0. The number of nitrogens with zero attached hydrogens (tertiary/aromatic N) is 1. The molecule has 0 amide bonds. The molecule has 0 spiro atoms. The van der Waals surface area contributed by atoms with Gasteiger partial charge in [0.2, 0.25) is 6.04 Å². The Labute approximate surface area is 291 Å². The van der Waals surface area contributed by atoms with Crippen molar-refractivity contribution in [3.05, 3.63) is 193 Å². The summed E-state index contributed by atoms with van der Waals surface area (Å²) >= 11 is 0. The summed E-state index contributed by atoms with van der Waals surface area (Å²) in [6, 6.07) is 62.8. The molecule has 0 bridgehead atoms. The lowest BCUT2D eigenvalue weighted by atomic mass is 9.13. The van der Waals surface area contributed by atoms with Crippen molar-refractivity contribution in [3.63, 3.8) is 0 Å². The summed E-state index contributed by atoms with van der Waals surface area (Å²) in [4.78, 5) is 0. The second kappa shape index (κ2) is 14.6. The molecule has 2 aliphatic rings. The number of ether oxygens (including phenoxy) is 2. The molecule has 0 saturated carbocycles.